The first kappa shape index (κ1) is 20.2. The Bertz CT molecular complexity index is 985. The van der Waals surface area contributed by atoms with Crippen LogP contribution in [0, 0.1) is 0 Å². The number of likely N-dealkylation sites (tertiary alicyclic amines) is 1. The Balaban J connectivity index is 1.56. The molecule has 2 N–H and O–H groups in total. The van der Waals surface area contributed by atoms with Crippen LogP contribution in [0.3, 0.4) is 0 Å². The third kappa shape index (κ3) is 5.08. The second-order valence-electron chi connectivity index (χ2n) is 7.21. The Morgan fingerprint density at radius 2 is 1.86 bits per heavy atom. The minimum Gasteiger partial charge on any atom is -0.372 e. The predicted octanol–water partition coefficient (Wildman–Crippen LogP) is 4.33. The molecule has 0 amide bonds. The van der Waals surface area contributed by atoms with Crippen molar-refractivity contribution in [1.29, 1.82) is 0 Å². The molecule has 0 saturated carbocycles. The summed E-state index contributed by atoms with van der Waals surface area (Å²) in [4.78, 5) is 17.7. The van der Waals surface area contributed by atoms with Gasteiger partial charge in [0.1, 0.15) is 5.82 Å². The van der Waals surface area contributed by atoms with Crippen molar-refractivity contribution in [1.82, 2.24) is 20.1 Å². The summed E-state index contributed by atoms with van der Waals surface area (Å²) in [7, 11) is 0. The molecular weight excluding hydrogens is 411 g/mol. The highest BCUT2D eigenvalue weighted by molar-refractivity contribution is 6.34. The topological polar surface area (TPSA) is 74.0 Å². The summed E-state index contributed by atoms with van der Waals surface area (Å²) in [5.41, 5.74) is 1.76. The summed E-state index contributed by atoms with van der Waals surface area (Å²) < 4.78 is 6.36. The molecule has 1 aliphatic heterocycles. The maximum atomic E-state index is 11.4. The molecule has 1 aromatic heterocycles. The zero-order chi connectivity index (χ0) is 20.2. The van der Waals surface area contributed by atoms with E-state index >= 15 is 0 Å². The van der Waals surface area contributed by atoms with Gasteiger partial charge in [-0.05, 0) is 48.7 Å². The van der Waals surface area contributed by atoms with Crippen LogP contribution in [-0.4, -0.2) is 32.7 Å². The van der Waals surface area contributed by atoms with Gasteiger partial charge in [-0.2, -0.15) is 4.98 Å². The van der Waals surface area contributed by atoms with Gasteiger partial charge in [-0.3, -0.25) is 10.00 Å². The van der Waals surface area contributed by atoms with Crippen LogP contribution in [0.1, 0.15) is 35.8 Å². The Kier molecular flexibility index (Phi) is 6.35. The molecule has 2 atom stereocenters. The van der Waals surface area contributed by atoms with E-state index in [2.05, 4.69) is 32.2 Å². The number of hydrogen-bond acceptors (Lipinski definition) is 4. The average molecular weight is 433 g/mol. The Morgan fingerprint density at radius 3 is 2.55 bits per heavy atom. The Morgan fingerprint density at radius 1 is 1.10 bits per heavy atom. The third-order valence-corrected chi connectivity index (χ3v) is 5.55. The second kappa shape index (κ2) is 9.13. The first-order valence-electron chi connectivity index (χ1n) is 9.57. The fourth-order valence-electron chi connectivity index (χ4n) is 3.92. The minimum absolute atomic E-state index is 0.00503. The number of benzene rings is 2. The van der Waals surface area contributed by atoms with E-state index in [9.17, 15) is 4.79 Å². The van der Waals surface area contributed by atoms with Gasteiger partial charge in [0, 0.05) is 10.0 Å². The van der Waals surface area contributed by atoms with Crippen LogP contribution in [0.2, 0.25) is 10.0 Å². The van der Waals surface area contributed by atoms with Gasteiger partial charge < -0.3 is 4.74 Å². The van der Waals surface area contributed by atoms with Gasteiger partial charge in [0.05, 0.1) is 25.3 Å². The fourth-order valence-corrected chi connectivity index (χ4v) is 4.50. The number of aromatic amines is 2. The van der Waals surface area contributed by atoms with Gasteiger partial charge in [0.2, 0.25) is 0 Å². The zero-order valence-electron chi connectivity index (χ0n) is 15.8. The minimum atomic E-state index is -0.362. The monoisotopic (exact) mass is 432 g/mol. The summed E-state index contributed by atoms with van der Waals surface area (Å²) in [6, 6.07) is 15.8. The molecule has 2 heterocycles. The highest BCUT2D eigenvalue weighted by atomic mass is 35.5. The number of ether oxygens (including phenoxy) is 1. The summed E-state index contributed by atoms with van der Waals surface area (Å²) in [5, 5.41) is 6.56. The second-order valence-corrected chi connectivity index (χ2v) is 8.08. The molecule has 8 heteroatoms. The number of aromatic nitrogens is 3. The zero-order valence-corrected chi connectivity index (χ0v) is 17.3. The number of piperidine rings is 1. The van der Waals surface area contributed by atoms with Crippen LogP contribution in [0.4, 0.5) is 0 Å². The number of nitrogens with zero attached hydrogens (tertiary/aromatic N) is 2. The van der Waals surface area contributed by atoms with E-state index in [4.69, 9.17) is 27.9 Å². The van der Waals surface area contributed by atoms with Crippen LogP contribution in [0.15, 0.2) is 53.3 Å². The van der Waals surface area contributed by atoms with Gasteiger partial charge in [-0.1, -0.05) is 53.5 Å². The smallest absolute Gasteiger partial charge is 0.361 e. The largest absolute Gasteiger partial charge is 0.372 e. The molecule has 6 nitrogen and oxygen atoms in total. The van der Waals surface area contributed by atoms with E-state index in [0.717, 1.165) is 24.9 Å². The molecule has 1 fully saturated rings. The highest BCUT2D eigenvalue weighted by Gasteiger charge is 2.33. The van der Waals surface area contributed by atoms with Crippen molar-refractivity contribution in [3.05, 3.63) is 86.0 Å². The van der Waals surface area contributed by atoms with E-state index in [1.165, 1.54) is 5.56 Å². The standard InChI is InChI=1S/C21H22Cl2N4O2/c22-16-9-14(10-17(23)11-16)13-29-18-7-4-8-27(12-19-24-21(28)26-25-19)20(18)15-5-2-1-3-6-15/h1-3,5-6,9-11,18,20H,4,7-8,12-13H2,(H2,24,25,26,28)/t18-,20-/m0/s1. The number of hydrogen-bond donors (Lipinski definition) is 2. The van der Waals surface area contributed by atoms with Crippen LogP contribution >= 0.6 is 23.2 Å². The van der Waals surface area contributed by atoms with Gasteiger partial charge in [0.25, 0.3) is 0 Å². The predicted molar refractivity (Wildman–Crippen MR) is 113 cm³/mol. The van der Waals surface area contributed by atoms with Crippen molar-refractivity contribution in [3.8, 4) is 0 Å². The normalized spacial score (nSPS) is 20.1. The molecule has 2 aromatic carbocycles. The molecule has 0 radical (unpaired) electrons. The molecule has 0 unspecified atom stereocenters. The number of halogens is 2. The molecule has 1 aliphatic rings. The molecule has 0 aliphatic carbocycles. The lowest BCUT2D eigenvalue weighted by Crippen LogP contribution is -2.42. The summed E-state index contributed by atoms with van der Waals surface area (Å²) in [6.45, 7) is 1.87. The lowest BCUT2D eigenvalue weighted by Gasteiger charge is -2.41. The van der Waals surface area contributed by atoms with Crippen molar-refractivity contribution in [2.45, 2.75) is 38.1 Å². The average Bonchev–Trinajstić information content (AvgIpc) is 3.11. The van der Waals surface area contributed by atoms with E-state index in [-0.39, 0.29) is 17.8 Å². The van der Waals surface area contributed by atoms with Crippen molar-refractivity contribution in [3.63, 3.8) is 0 Å². The number of H-pyrrole nitrogens is 2. The lowest BCUT2D eigenvalue weighted by molar-refractivity contribution is -0.0559. The van der Waals surface area contributed by atoms with Crippen molar-refractivity contribution in [2.75, 3.05) is 6.54 Å². The third-order valence-electron chi connectivity index (χ3n) is 5.11. The quantitative estimate of drug-likeness (QED) is 0.607. The van der Waals surface area contributed by atoms with Gasteiger partial charge in [-0.15, -0.1) is 0 Å². The fraction of sp³-hybridized carbons (Fsp3) is 0.333. The molecule has 29 heavy (non-hydrogen) atoms. The van der Waals surface area contributed by atoms with E-state index in [1.807, 2.05) is 30.3 Å². The van der Waals surface area contributed by atoms with Gasteiger partial charge in [-0.25, -0.2) is 9.89 Å². The van der Waals surface area contributed by atoms with E-state index in [0.29, 0.717) is 29.0 Å². The maximum Gasteiger partial charge on any atom is 0.361 e. The summed E-state index contributed by atoms with van der Waals surface area (Å²) in [6.07, 6.45) is 1.94. The first-order valence-corrected chi connectivity index (χ1v) is 10.3. The molecule has 152 valence electrons. The molecular formula is C21H22Cl2N4O2. The molecule has 3 aromatic rings. The highest BCUT2D eigenvalue weighted by Crippen LogP contribution is 2.34. The van der Waals surface area contributed by atoms with Crippen molar-refractivity contribution < 1.29 is 4.74 Å². The van der Waals surface area contributed by atoms with Crippen molar-refractivity contribution in [2.24, 2.45) is 0 Å². The molecule has 4 rings (SSSR count). The van der Waals surface area contributed by atoms with E-state index < -0.39 is 0 Å². The molecule has 1 saturated heterocycles. The van der Waals surface area contributed by atoms with Crippen LogP contribution in [-0.2, 0) is 17.9 Å². The van der Waals surface area contributed by atoms with Crippen molar-refractivity contribution >= 4 is 23.2 Å². The Hall–Kier alpha value is -2.12. The van der Waals surface area contributed by atoms with Gasteiger partial charge >= 0.3 is 5.69 Å². The molecule has 0 bridgehead atoms. The van der Waals surface area contributed by atoms with Gasteiger partial charge in [0.15, 0.2) is 0 Å². The lowest BCUT2D eigenvalue weighted by atomic mass is 9.92. The van der Waals surface area contributed by atoms with Crippen LogP contribution in [0.25, 0.3) is 0 Å². The number of nitrogens with one attached hydrogen (secondary N) is 2. The molecule has 0 spiro atoms. The van der Waals surface area contributed by atoms with Crippen LogP contribution in [0.5, 0.6) is 0 Å². The maximum absolute atomic E-state index is 11.4. The first-order chi connectivity index (χ1) is 14.1. The summed E-state index contributed by atoms with van der Waals surface area (Å²) in [5.74, 6) is 0.623. The SMILES string of the molecule is O=c1nc(CN2CCC[C@H](OCc3cc(Cl)cc(Cl)c3)[C@@H]2c2ccccc2)[nH][nH]1. The summed E-state index contributed by atoms with van der Waals surface area (Å²) >= 11 is 12.2. The van der Waals surface area contributed by atoms with E-state index in [1.54, 1.807) is 6.07 Å². The number of rotatable bonds is 6. The Labute approximate surface area is 178 Å². The van der Waals surface area contributed by atoms with Crippen LogP contribution < -0.4 is 5.69 Å².